The molecule has 9 nitrogen and oxygen atoms in total. The number of nitrogens with zero attached hydrogens (tertiary/aromatic N) is 4. The number of fused-ring (bicyclic) bond motifs is 1. The van der Waals surface area contributed by atoms with E-state index >= 15 is 0 Å². The Morgan fingerprint density at radius 3 is 2.58 bits per heavy atom. The van der Waals surface area contributed by atoms with Gasteiger partial charge in [0.15, 0.2) is 11.3 Å². The fourth-order valence-electron chi connectivity index (χ4n) is 5.35. The maximum Gasteiger partial charge on any atom is 0.287 e. The normalized spacial score (nSPS) is 22.5. The van der Waals surface area contributed by atoms with Crippen LogP contribution >= 0.6 is 0 Å². The van der Waals surface area contributed by atoms with Gasteiger partial charge in [-0.25, -0.2) is 0 Å². The number of amides is 3. The van der Waals surface area contributed by atoms with Gasteiger partial charge in [0.2, 0.25) is 11.8 Å². The molecule has 1 atom stereocenters. The van der Waals surface area contributed by atoms with Crippen LogP contribution in [-0.2, 0) is 9.59 Å². The molecule has 3 aliphatic rings. The second-order valence-electron chi connectivity index (χ2n) is 9.66. The van der Waals surface area contributed by atoms with Gasteiger partial charge in [0.25, 0.3) is 5.91 Å². The Morgan fingerprint density at radius 2 is 1.88 bits per heavy atom. The van der Waals surface area contributed by atoms with E-state index in [0.717, 1.165) is 50.8 Å². The minimum absolute atomic E-state index is 0.104. The SMILES string of the molecule is CC(=O)N1CCN(CC(=O)N2CCC3(CC2)CC3CNC(=O)c2cc3ccncc3o2)CC1. The molecule has 1 aliphatic carbocycles. The largest absolute Gasteiger partial charge is 0.449 e. The number of pyridine rings is 1. The Balaban J connectivity index is 1.05. The Morgan fingerprint density at radius 1 is 1.12 bits per heavy atom. The number of hydrogen-bond donors (Lipinski definition) is 1. The second-order valence-corrected chi connectivity index (χ2v) is 9.66. The lowest BCUT2D eigenvalue weighted by Crippen LogP contribution is -2.52. The van der Waals surface area contributed by atoms with E-state index in [-0.39, 0.29) is 23.1 Å². The molecule has 3 fully saturated rings. The summed E-state index contributed by atoms with van der Waals surface area (Å²) in [7, 11) is 0. The zero-order chi connectivity index (χ0) is 23.0. The smallest absolute Gasteiger partial charge is 0.287 e. The fourth-order valence-corrected chi connectivity index (χ4v) is 5.35. The third-order valence-corrected chi connectivity index (χ3v) is 7.70. The summed E-state index contributed by atoms with van der Waals surface area (Å²) in [5.74, 6) is 0.880. The summed E-state index contributed by atoms with van der Waals surface area (Å²) in [6.45, 7) is 7.15. The molecule has 5 rings (SSSR count). The number of carbonyl (C=O) groups excluding carboxylic acids is 3. The molecule has 2 saturated heterocycles. The number of hydrogen-bond acceptors (Lipinski definition) is 6. The fraction of sp³-hybridized carbons (Fsp3) is 0.583. The number of aromatic nitrogens is 1. The lowest BCUT2D eigenvalue weighted by molar-refractivity contribution is -0.135. The third kappa shape index (κ3) is 4.59. The maximum absolute atomic E-state index is 12.8. The van der Waals surface area contributed by atoms with Crippen molar-refractivity contribution in [3.05, 3.63) is 30.3 Å². The molecule has 0 aromatic carbocycles. The summed E-state index contributed by atoms with van der Waals surface area (Å²) in [5.41, 5.74) is 0.873. The van der Waals surface area contributed by atoms with Crippen LogP contribution in [0.25, 0.3) is 11.0 Å². The summed E-state index contributed by atoms with van der Waals surface area (Å²) in [6, 6.07) is 3.58. The van der Waals surface area contributed by atoms with Crippen molar-refractivity contribution in [3.8, 4) is 0 Å². The molecule has 0 bridgehead atoms. The van der Waals surface area contributed by atoms with Gasteiger partial charge in [0.1, 0.15) is 0 Å². The van der Waals surface area contributed by atoms with Crippen molar-refractivity contribution in [2.75, 3.05) is 52.4 Å². The van der Waals surface area contributed by atoms with Crippen molar-refractivity contribution >= 4 is 28.7 Å². The lowest BCUT2D eigenvalue weighted by atomic mass is 9.90. The van der Waals surface area contributed by atoms with Crippen LogP contribution < -0.4 is 5.32 Å². The summed E-state index contributed by atoms with van der Waals surface area (Å²) in [5, 5.41) is 3.90. The topological polar surface area (TPSA) is 99.0 Å². The minimum atomic E-state index is -0.189. The van der Waals surface area contributed by atoms with Crippen LogP contribution in [0.15, 0.2) is 28.9 Å². The number of likely N-dealkylation sites (tertiary alicyclic amines) is 1. The molecule has 2 aromatic heterocycles. The molecule has 9 heteroatoms. The Kier molecular flexibility index (Phi) is 5.82. The average molecular weight is 454 g/mol. The number of rotatable bonds is 5. The quantitative estimate of drug-likeness (QED) is 0.734. The molecule has 1 saturated carbocycles. The van der Waals surface area contributed by atoms with E-state index in [0.29, 0.717) is 43.4 Å². The lowest BCUT2D eigenvalue weighted by Gasteiger charge is -2.37. The first kappa shape index (κ1) is 21.9. The molecule has 1 spiro atoms. The van der Waals surface area contributed by atoms with E-state index in [2.05, 4.69) is 15.2 Å². The molecule has 2 aliphatic heterocycles. The van der Waals surface area contributed by atoms with Gasteiger partial charge in [0, 0.05) is 64.3 Å². The van der Waals surface area contributed by atoms with Gasteiger partial charge in [-0.2, -0.15) is 0 Å². The first-order chi connectivity index (χ1) is 15.9. The van der Waals surface area contributed by atoms with Gasteiger partial charge in [0.05, 0.1) is 12.7 Å². The predicted molar refractivity (Wildman–Crippen MR) is 121 cm³/mol. The van der Waals surface area contributed by atoms with E-state index < -0.39 is 0 Å². The van der Waals surface area contributed by atoms with Crippen LogP contribution in [0.1, 0.15) is 36.7 Å². The van der Waals surface area contributed by atoms with E-state index in [1.807, 2.05) is 15.9 Å². The van der Waals surface area contributed by atoms with E-state index in [9.17, 15) is 14.4 Å². The first-order valence-electron chi connectivity index (χ1n) is 11.8. The number of piperidine rings is 1. The van der Waals surface area contributed by atoms with Crippen molar-refractivity contribution in [2.24, 2.45) is 11.3 Å². The highest BCUT2D eigenvalue weighted by molar-refractivity contribution is 5.95. The van der Waals surface area contributed by atoms with Crippen molar-refractivity contribution in [2.45, 2.75) is 26.2 Å². The number of carbonyl (C=O) groups is 3. The molecule has 176 valence electrons. The third-order valence-electron chi connectivity index (χ3n) is 7.70. The molecule has 1 unspecified atom stereocenters. The highest BCUT2D eigenvalue weighted by atomic mass is 16.3. The van der Waals surface area contributed by atoms with E-state index in [1.165, 1.54) is 0 Å². The average Bonchev–Trinajstić information content (AvgIpc) is 3.29. The van der Waals surface area contributed by atoms with Gasteiger partial charge in [-0.1, -0.05) is 0 Å². The second kappa shape index (κ2) is 8.78. The molecular weight excluding hydrogens is 422 g/mol. The first-order valence-corrected chi connectivity index (χ1v) is 11.8. The van der Waals surface area contributed by atoms with Crippen LogP contribution in [0.5, 0.6) is 0 Å². The van der Waals surface area contributed by atoms with E-state index in [4.69, 9.17) is 4.42 Å². The molecule has 3 amide bonds. The van der Waals surface area contributed by atoms with Gasteiger partial charge < -0.3 is 19.5 Å². The van der Waals surface area contributed by atoms with Crippen molar-refractivity contribution < 1.29 is 18.8 Å². The molecule has 4 heterocycles. The molecule has 1 N–H and O–H groups in total. The van der Waals surface area contributed by atoms with Crippen LogP contribution in [-0.4, -0.2) is 89.8 Å². The highest BCUT2D eigenvalue weighted by Gasteiger charge is 2.54. The van der Waals surface area contributed by atoms with E-state index in [1.54, 1.807) is 25.4 Å². The summed E-state index contributed by atoms with van der Waals surface area (Å²) >= 11 is 0. The van der Waals surface area contributed by atoms with Crippen LogP contribution in [0, 0.1) is 11.3 Å². The zero-order valence-corrected chi connectivity index (χ0v) is 19.1. The summed E-state index contributed by atoms with van der Waals surface area (Å²) in [6.07, 6.45) is 6.38. The molecule has 0 radical (unpaired) electrons. The van der Waals surface area contributed by atoms with Crippen LogP contribution in [0.2, 0.25) is 0 Å². The van der Waals surface area contributed by atoms with Gasteiger partial charge in [-0.3, -0.25) is 24.3 Å². The number of furan rings is 1. The number of piperazine rings is 1. The molecule has 2 aromatic rings. The van der Waals surface area contributed by atoms with Gasteiger partial charge in [-0.05, 0) is 42.7 Å². The summed E-state index contributed by atoms with van der Waals surface area (Å²) < 4.78 is 5.60. The van der Waals surface area contributed by atoms with Crippen molar-refractivity contribution in [3.63, 3.8) is 0 Å². The van der Waals surface area contributed by atoms with Crippen LogP contribution in [0.3, 0.4) is 0 Å². The van der Waals surface area contributed by atoms with Crippen molar-refractivity contribution in [1.29, 1.82) is 0 Å². The van der Waals surface area contributed by atoms with Crippen LogP contribution in [0.4, 0.5) is 0 Å². The Hall–Kier alpha value is -2.94. The zero-order valence-electron chi connectivity index (χ0n) is 19.1. The van der Waals surface area contributed by atoms with Crippen molar-refractivity contribution in [1.82, 2.24) is 25.0 Å². The maximum atomic E-state index is 12.8. The van der Waals surface area contributed by atoms with Gasteiger partial charge >= 0.3 is 0 Å². The Bertz CT molecular complexity index is 1020. The number of nitrogens with one attached hydrogen (secondary N) is 1. The molecular formula is C24H31N5O4. The Labute approximate surface area is 193 Å². The highest BCUT2D eigenvalue weighted by Crippen LogP contribution is 2.59. The standard InChI is InChI=1S/C24H31N5O4/c1-17(30)28-10-8-27(9-11-28)16-22(31)29-6-3-24(4-7-29)13-19(24)14-26-23(32)20-12-18-2-5-25-15-21(18)33-20/h2,5,12,15,19H,3-4,6-11,13-14,16H2,1H3,(H,26,32). The van der Waals surface area contributed by atoms with Gasteiger partial charge in [-0.15, -0.1) is 0 Å². The summed E-state index contributed by atoms with van der Waals surface area (Å²) in [4.78, 5) is 46.7. The minimum Gasteiger partial charge on any atom is -0.449 e. The predicted octanol–water partition coefficient (Wildman–Crippen LogP) is 1.35. The monoisotopic (exact) mass is 453 g/mol. The molecule has 33 heavy (non-hydrogen) atoms.